The van der Waals surface area contributed by atoms with Crippen molar-refractivity contribution in [2.24, 2.45) is 0 Å². The molecule has 2 fully saturated rings. The number of rotatable bonds is 0. The zero-order chi connectivity index (χ0) is 9.68. The van der Waals surface area contributed by atoms with Gasteiger partial charge in [0.25, 0.3) is 0 Å². The van der Waals surface area contributed by atoms with Crippen LogP contribution in [-0.2, 0) is 0 Å². The van der Waals surface area contributed by atoms with Gasteiger partial charge >= 0.3 is 0 Å². The molecule has 76 valence electrons. The summed E-state index contributed by atoms with van der Waals surface area (Å²) in [5.41, 5.74) is 0. The van der Waals surface area contributed by atoms with Gasteiger partial charge in [-0.05, 0) is 33.4 Å². The van der Waals surface area contributed by atoms with Crippen molar-refractivity contribution in [3.63, 3.8) is 0 Å². The Hall–Kier alpha value is -0.340. The molecule has 2 rings (SSSR count). The maximum absolute atomic E-state index is 3.36. The fourth-order valence-corrected chi connectivity index (χ4v) is 2.15. The summed E-state index contributed by atoms with van der Waals surface area (Å²) in [5.74, 6) is 0. The van der Waals surface area contributed by atoms with Crippen LogP contribution in [0.5, 0.6) is 0 Å². The number of nitrogens with zero attached hydrogens (tertiary/aromatic N) is 2. The van der Waals surface area contributed by atoms with Crippen molar-refractivity contribution in [3.8, 4) is 0 Å². The molecule has 1 unspecified atom stereocenters. The van der Waals surface area contributed by atoms with Crippen LogP contribution in [0.25, 0.3) is 0 Å². The van der Waals surface area contributed by atoms with E-state index < -0.39 is 0 Å². The number of allylic oxidation sites excluding steroid dienone is 1. The molecule has 2 heterocycles. The third-order valence-corrected chi connectivity index (χ3v) is 2.79. The van der Waals surface area contributed by atoms with E-state index in [1.807, 2.05) is 6.92 Å². The molecular weight excluding hydrogens is 160 g/mol. The molecule has 2 saturated heterocycles. The monoisotopic (exact) mass is 182 g/mol. The van der Waals surface area contributed by atoms with E-state index in [0.29, 0.717) is 0 Å². The third kappa shape index (κ3) is 3.12. The van der Waals surface area contributed by atoms with Gasteiger partial charge in [0.1, 0.15) is 0 Å². The lowest BCUT2D eigenvalue weighted by atomic mass is 10.2. The predicted octanol–water partition coefficient (Wildman–Crippen LogP) is 1.59. The van der Waals surface area contributed by atoms with Crippen LogP contribution in [0.1, 0.15) is 19.8 Å². The summed E-state index contributed by atoms with van der Waals surface area (Å²) < 4.78 is 0. The first-order valence-corrected chi connectivity index (χ1v) is 5.27. The van der Waals surface area contributed by atoms with Gasteiger partial charge in [0.15, 0.2) is 0 Å². The van der Waals surface area contributed by atoms with Crippen LogP contribution in [0.2, 0.25) is 0 Å². The fraction of sp³-hybridized carbons (Fsp3) is 0.818. The first kappa shape index (κ1) is 10.7. The maximum Gasteiger partial charge on any atom is 0.0224 e. The lowest BCUT2D eigenvalue weighted by Gasteiger charge is -2.35. The van der Waals surface area contributed by atoms with Crippen molar-refractivity contribution < 1.29 is 0 Å². The fourth-order valence-electron chi connectivity index (χ4n) is 2.15. The van der Waals surface area contributed by atoms with E-state index in [1.165, 1.54) is 39.0 Å². The predicted molar refractivity (Wildman–Crippen MR) is 58.0 cm³/mol. The van der Waals surface area contributed by atoms with E-state index in [2.05, 4.69) is 23.4 Å². The summed E-state index contributed by atoms with van der Waals surface area (Å²) >= 11 is 0. The molecule has 0 N–H and O–H groups in total. The number of fused-ring (bicyclic) bond motifs is 1. The first-order chi connectivity index (χ1) is 6.27. The largest absolute Gasteiger partial charge is 0.304 e. The van der Waals surface area contributed by atoms with Crippen LogP contribution in [0.15, 0.2) is 12.7 Å². The minimum Gasteiger partial charge on any atom is -0.304 e. The Kier molecular flexibility index (Phi) is 4.46. The van der Waals surface area contributed by atoms with Gasteiger partial charge in [-0.25, -0.2) is 0 Å². The van der Waals surface area contributed by atoms with Crippen molar-refractivity contribution >= 4 is 0 Å². The molecule has 13 heavy (non-hydrogen) atoms. The van der Waals surface area contributed by atoms with Crippen LogP contribution in [-0.4, -0.2) is 49.1 Å². The Labute approximate surface area is 82.2 Å². The highest BCUT2D eigenvalue weighted by Crippen LogP contribution is 2.20. The van der Waals surface area contributed by atoms with E-state index in [4.69, 9.17) is 0 Å². The molecule has 0 radical (unpaired) electrons. The molecule has 2 heteroatoms. The second-order valence-electron chi connectivity index (χ2n) is 4.00. The quantitative estimate of drug-likeness (QED) is 0.525. The molecule has 2 aliphatic heterocycles. The van der Waals surface area contributed by atoms with E-state index in [0.717, 1.165) is 6.04 Å². The number of hydrogen-bond donors (Lipinski definition) is 0. The molecule has 2 nitrogen and oxygen atoms in total. The molecule has 0 aromatic rings. The lowest BCUT2D eigenvalue weighted by molar-refractivity contribution is 0.124. The molecule has 0 aliphatic carbocycles. The van der Waals surface area contributed by atoms with Gasteiger partial charge in [-0.15, -0.1) is 6.58 Å². The molecule has 0 aromatic carbocycles. The SMILES string of the molecule is C=CC.CN1CCN2CCCC2C1. The Morgan fingerprint density at radius 1 is 1.31 bits per heavy atom. The van der Waals surface area contributed by atoms with Crippen molar-refractivity contribution in [1.82, 2.24) is 9.80 Å². The summed E-state index contributed by atoms with van der Waals surface area (Å²) in [6.07, 6.45) is 4.61. The van der Waals surface area contributed by atoms with Gasteiger partial charge in [0.05, 0.1) is 0 Å². The van der Waals surface area contributed by atoms with E-state index in [1.54, 1.807) is 6.08 Å². The maximum atomic E-state index is 3.36. The lowest BCUT2D eigenvalue weighted by Crippen LogP contribution is -2.48. The molecule has 1 atom stereocenters. The Morgan fingerprint density at radius 3 is 2.69 bits per heavy atom. The van der Waals surface area contributed by atoms with Gasteiger partial charge in [0, 0.05) is 25.7 Å². The van der Waals surface area contributed by atoms with E-state index in [-0.39, 0.29) is 0 Å². The summed E-state index contributed by atoms with van der Waals surface area (Å²) in [7, 11) is 2.23. The normalized spacial score (nSPS) is 28.9. The summed E-state index contributed by atoms with van der Waals surface area (Å²) in [5, 5.41) is 0. The minimum atomic E-state index is 0.902. The highest BCUT2D eigenvalue weighted by atomic mass is 15.3. The van der Waals surface area contributed by atoms with Crippen LogP contribution in [0, 0.1) is 0 Å². The minimum absolute atomic E-state index is 0.902. The van der Waals surface area contributed by atoms with Gasteiger partial charge in [0.2, 0.25) is 0 Å². The standard InChI is InChI=1S/C8H16N2.C3H6/c1-9-5-6-10-4-2-3-8(10)7-9;1-3-2/h8H,2-7H2,1H3;3H,1H2,2H3. The van der Waals surface area contributed by atoms with Crippen LogP contribution in [0.3, 0.4) is 0 Å². The number of hydrogen-bond acceptors (Lipinski definition) is 2. The van der Waals surface area contributed by atoms with Crippen molar-refractivity contribution in [2.45, 2.75) is 25.8 Å². The number of likely N-dealkylation sites (N-methyl/N-ethyl adjacent to an activating group) is 1. The van der Waals surface area contributed by atoms with Crippen molar-refractivity contribution in [3.05, 3.63) is 12.7 Å². The topological polar surface area (TPSA) is 6.48 Å². The Morgan fingerprint density at radius 2 is 2.00 bits per heavy atom. The van der Waals surface area contributed by atoms with Crippen molar-refractivity contribution in [1.29, 1.82) is 0 Å². The molecule has 0 saturated carbocycles. The smallest absolute Gasteiger partial charge is 0.0224 e. The highest BCUT2D eigenvalue weighted by molar-refractivity contribution is 4.85. The average molecular weight is 182 g/mol. The molecule has 2 aliphatic rings. The summed E-state index contributed by atoms with van der Waals surface area (Å²) in [4.78, 5) is 5.09. The third-order valence-electron chi connectivity index (χ3n) is 2.79. The molecule has 0 aromatic heterocycles. The molecule has 0 spiro atoms. The number of piperazine rings is 1. The van der Waals surface area contributed by atoms with Crippen LogP contribution < -0.4 is 0 Å². The summed E-state index contributed by atoms with van der Waals surface area (Å²) in [6, 6.07) is 0.902. The van der Waals surface area contributed by atoms with Gasteiger partial charge in [-0.1, -0.05) is 6.08 Å². The molecule has 0 amide bonds. The van der Waals surface area contributed by atoms with Crippen LogP contribution >= 0.6 is 0 Å². The molecular formula is C11H22N2. The first-order valence-electron chi connectivity index (χ1n) is 5.27. The van der Waals surface area contributed by atoms with Crippen molar-refractivity contribution in [2.75, 3.05) is 33.2 Å². The zero-order valence-corrected chi connectivity index (χ0v) is 9.00. The average Bonchev–Trinajstić information content (AvgIpc) is 2.52. The van der Waals surface area contributed by atoms with Gasteiger partial charge in [-0.3, -0.25) is 4.90 Å². The van der Waals surface area contributed by atoms with Crippen LogP contribution in [0.4, 0.5) is 0 Å². The second-order valence-corrected chi connectivity index (χ2v) is 4.00. The molecule has 0 bridgehead atoms. The van der Waals surface area contributed by atoms with E-state index in [9.17, 15) is 0 Å². The van der Waals surface area contributed by atoms with E-state index >= 15 is 0 Å². The zero-order valence-electron chi connectivity index (χ0n) is 9.00. The second kappa shape index (κ2) is 5.40. The highest BCUT2D eigenvalue weighted by Gasteiger charge is 2.28. The Balaban J connectivity index is 0.000000251. The summed E-state index contributed by atoms with van der Waals surface area (Å²) in [6.45, 7) is 10.5. The Bertz CT molecular complexity index is 156. The van der Waals surface area contributed by atoms with Gasteiger partial charge < -0.3 is 4.90 Å². The van der Waals surface area contributed by atoms with Gasteiger partial charge in [-0.2, -0.15) is 0 Å².